The molecule has 0 unspecified atom stereocenters. The Bertz CT molecular complexity index is 967. The van der Waals surface area contributed by atoms with E-state index in [1.54, 1.807) is 13.2 Å². The van der Waals surface area contributed by atoms with Gasteiger partial charge in [0.2, 0.25) is 5.88 Å². The number of rotatable bonds is 2. The van der Waals surface area contributed by atoms with Crippen LogP contribution < -0.4 is 0 Å². The van der Waals surface area contributed by atoms with Gasteiger partial charge in [-0.25, -0.2) is 9.67 Å². The Kier molecular flexibility index (Phi) is 4.50. The monoisotopic (exact) mass is 408 g/mol. The summed E-state index contributed by atoms with van der Waals surface area (Å²) < 4.78 is 39.9. The van der Waals surface area contributed by atoms with E-state index in [9.17, 15) is 18.3 Å². The molecular formula is C14H9Cl2F3N4OS. The first-order valence-corrected chi connectivity index (χ1v) is 8.68. The third-order valence-corrected chi connectivity index (χ3v) is 4.59. The highest BCUT2D eigenvalue weighted by molar-refractivity contribution is 7.98. The van der Waals surface area contributed by atoms with Gasteiger partial charge >= 0.3 is 6.18 Å². The Balaban J connectivity index is 2.34. The Labute approximate surface area is 153 Å². The second-order valence-corrected chi connectivity index (χ2v) is 6.61. The summed E-state index contributed by atoms with van der Waals surface area (Å²) in [7, 11) is 0. The summed E-state index contributed by atoms with van der Waals surface area (Å²) in [5.74, 6) is -0.0183. The Morgan fingerprint density at radius 1 is 1.16 bits per heavy atom. The van der Waals surface area contributed by atoms with Crippen molar-refractivity contribution >= 4 is 46.0 Å². The predicted molar refractivity (Wildman–Crippen MR) is 89.9 cm³/mol. The number of hydrogen-bond acceptors (Lipinski definition) is 5. The third kappa shape index (κ3) is 3.11. The molecule has 2 heterocycles. The molecule has 1 N–H and O–H groups in total. The zero-order chi connectivity index (χ0) is 18.5. The molecule has 0 atom stereocenters. The summed E-state index contributed by atoms with van der Waals surface area (Å²) in [5.41, 5.74) is -0.738. The molecule has 2 aromatic heterocycles. The van der Waals surface area contributed by atoms with Crippen LogP contribution in [0.3, 0.4) is 0 Å². The molecule has 0 aliphatic rings. The Hall–Kier alpha value is -1.71. The fourth-order valence-electron chi connectivity index (χ4n) is 2.31. The average Bonchev–Trinajstić information content (AvgIpc) is 2.84. The van der Waals surface area contributed by atoms with Gasteiger partial charge in [0.15, 0.2) is 5.65 Å². The topological polar surface area (TPSA) is 63.8 Å². The lowest BCUT2D eigenvalue weighted by atomic mass is 10.2. The van der Waals surface area contributed by atoms with Crippen LogP contribution in [0.15, 0.2) is 17.2 Å². The van der Waals surface area contributed by atoms with E-state index >= 15 is 0 Å². The minimum atomic E-state index is -4.58. The average molecular weight is 409 g/mol. The van der Waals surface area contributed by atoms with E-state index in [1.807, 2.05) is 0 Å². The molecule has 0 aliphatic carbocycles. The highest BCUT2D eigenvalue weighted by Crippen LogP contribution is 2.40. The van der Waals surface area contributed by atoms with Gasteiger partial charge in [-0.05, 0) is 25.3 Å². The number of aromatic hydroxyl groups is 1. The normalized spacial score (nSPS) is 12.1. The van der Waals surface area contributed by atoms with Gasteiger partial charge < -0.3 is 5.11 Å². The highest BCUT2D eigenvalue weighted by atomic mass is 35.5. The van der Waals surface area contributed by atoms with E-state index in [0.717, 1.165) is 12.1 Å². The van der Waals surface area contributed by atoms with E-state index in [2.05, 4.69) is 15.1 Å². The van der Waals surface area contributed by atoms with E-state index in [1.165, 1.54) is 16.4 Å². The van der Waals surface area contributed by atoms with Crippen LogP contribution in [-0.2, 0) is 6.18 Å². The fourth-order valence-corrected chi connectivity index (χ4v) is 3.50. The lowest BCUT2D eigenvalue weighted by Crippen LogP contribution is -2.07. The summed E-state index contributed by atoms with van der Waals surface area (Å²) in [5, 5.41) is 14.5. The van der Waals surface area contributed by atoms with Crippen molar-refractivity contribution in [3.63, 3.8) is 0 Å². The molecular weight excluding hydrogens is 400 g/mol. The van der Waals surface area contributed by atoms with Crippen molar-refractivity contribution in [1.29, 1.82) is 0 Å². The fraction of sp³-hybridized carbons (Fsp3) is 0.214. The van der Waals surface area contributed by atoms with Gasteiger partial charge in [0.05, 0.1) is 15.6 Å². The maximum atomic E-state index is 12.9. The van der Waals surface area contributed by atoms with Crippen LogP contribution in [0.25, 0.3) is 16.7 Å². The van der Waals surface area contributed by atoms with Crippen molar-refractivity contribution < 1.29 is 18.3 Å². The quantitative estimate of drug-likeness (QED) is 0.612. The van der Waals surface area contributed by atoms with Crippen molar-refractivity contribution in [2.75, 3.05) is 6.26 Å². The van der Waals surface area contributed by atoms with Crippen LogP contribution in [0.5, 0.6) is 5.88 Å². The lowest BCUT2D eigenvalue weighted by molar-refractivity contribution is -0.137. The number of nitrogens with zero attached hydrogens (tertiary/aromatic N) is 4. The SMILES string of the molecule is CSc1nn(-c2c(Cl)cc(C(F)(F)F)cc2Cl)c2nc(C)nc(O)c12. The number of alkyl halides is 3. The minimum Gasteiger partial charge on any atom is -0.493 e. The van der Waals surface area contributed by atoms with Gasteiger partial charge in [-0.1, -0.05) is 23.2 Å². The number of fused-ring (bicyclic) bond motifs is 1. The number of halogens is 5. The minimum absolute atomic E-state index is 0.0409. The van der Waals surface area contributed by atoms with Crippen molar-refractivity contribution in [2.45, 2.75) is 18.1 Å². The van der Waals surface area contributed by atoms with Gasteiger partial charge in [-0.3, -0.25) is 0 Å². The summed E-state index contributed by atoms with van der Waals surface area (Å²) in [6.45, 7) is 1.56. The molecule has 0 radical (unpaired) electrons. The Morgan fingerprint density at radius 2 is 1.76 bits per heavy atom. The predicted octanol–water partition coefficient (Wildman–Crippen LogP) is 4.88. The van der Waals surface area contributed by atoms with Crippen LogP contribution in [0.4, 0.5) is 13.2 Å². The smallest absolute Gasteiger partial charge is 0.416 e. The number of aromatic nitrogens is 4. The molecule has 0 fully saturated rings. The number of thioether (sulfide) groups is 1. The molecule has 0 saturated carbocycles. The van der Waals surface area contributed by atoms with E-state index in [0.29, 0.717) is 5.03 Å². The summed E-state index contributed by atoms with van der Waals surface area (Å²) in [6, 6.07) is 1.53. The zero-order valence-electron chi connectivity index (χ0n) is 12.7. The summed E-state index contributed by atoms with van der Waals surface area (Å²) in [4.78, 5) is 8.08. The van der Waals surface area contributed by atoms with E-state index in [-0.39, 0.29) is 38.5 Å². The third-order valence-electron chi connectivity index (χ3n) is 3.34. The molecule has 5 nitrogen and oxygen atoms in total. The van der Waals surface area contributed by atoms with Gasteiger partial charge in [-0.15, -0.1) is 11.8 Å². The molecule has 11 heteroatoms. The van der Waals surface area contributed by atoms with Gasteiger partial charge in [0.25, 0.3) is 0 Å². The van der Waals surface area contributed by atoms with Crippen LogP contribution in [-0.4, -0.2) is 31.1 Å². The summed E-state index contributed by atoms with van der Waals surface area (Å²) >= 11 is 13.3. The number of aryl methyl sites for hydroxylation is 1. The van der Waals surface area contributed by atoms with Crippen molar-refractivity contribution in [2.24, 2.45) is 0 Å². The van der Waals surface area contributed by atoms with Crippen LogP contribution >= 0.6 is 35.0 Å². The molecule has 25 heavy (non-hydrogen) atoms. The van der Waals surface area contributed by atoms with Crippen molar-refractivity contribution in [3.8, 4) is 11.6 Å². The van der Waals surface area contributed by atoms with Gasteiger partial charge in [0, 0.05) is 0 Å². The maximum absolute atomic E-state index is 12.9. The number of hydrogen-bond donors (Lipinski definition) is 1. The lowest BCUT2D eigenvalue weighted by Gasteiger charge is -2.12. The molecule has 3 aromatic rings. The molecule has 0 amide bonds. The van der Waals surface area contributed by atoms with Crippen molar-refractivity contribution in [1.82, 2.24) is 19.7 Å². The largest absolute Gasteiger partial charge is 0.493 e. The van der Waals surface area contributed by atoms with Gasteiger partial charge in [0.1, 0.15) is 21.9 Å². The zero-order valence-corrected chi connectivity index (χ0v) is 15.0. The van der Waals surface area contributed by atoms with E-state index in [4.69, 9.17) is 23.2 Å². The second kappa shape index (κ2) is 6.22. The molecule has 132 valence electrons. The van der Waals surface area contributed by atoms with E-state index < -0.39 is 11.7 Å². The maximum Gasteiger partial charge on any atom is 0.416 e. The first-order chi connectivity index (χ1) is 11.6. The molecule has 0 spiro atoms. The first-order valence-electron chi connectivity index (χ1n) is 6.70. The van der Waals surface area contributed by atoms with Crippen molar-refractivity contribution in [3.05, 3.63) is 33.6 Å². The molecule has 0 aliphatic heterocycles. The Morgan fingerprint density at radius 3 is 2.28 bits per heavy atom. The van der Waals surface area contributed by atoms with Crippen LogP contribution in [0.1, 0.15) is 11.4 Å². The first kappa shape index (κ1) is 18.1. The molecule has 3 rings (SSSR count). The number of benzene rings is 1. The van der Waals surface area contributed by atoms with Gasteiger partial charge in [-0.2, -0.15) is 23.3 Å². The standard InChI is InChI=1S/C14H9Cl2F3N4OS/c1-5-20-11-9(12(24)21-5)13(25-2)22-23(11)10-7(15)3-6(4-8(10)16)14(17,18)19/h3-4H,1-2H3,(H,20,21,24). The van der Waals surface area contributed by atoms with Crippen LogP contribution in [0.2, 0.25) is 10.0 Å². The van der Waals surface area contributed by atoms with Crippen LogP contribution in [0, 0.1) is 6.92 Å². The summed E-state index contributed by atoms with van der Waals surface area (Å²) in [6.07, 6.45) is -2.86. The molecule has 1 aromatic carbocycles. The molecule has 0 bridgehead atoms. The molecule has 0 saturated heterocycles. The second-order valence-electron chi connectivity index (χ2n) is 5.00. The highest BCUT2D eigenvalue weighted by Gasteiger charge is 2.33.